The first-order valence-corrected chi connectivity index (χ1v) is 6.82. The Kier molecular flexibility index (Phi) is 3.61. The van der Waals surface area contributed by atoms with Gasteiger partial charge in [-0.05, 0) is 18.2 Å². The minimum absolute atomic E-state index is 0.217. The van der Waals surface area contributed by atoms with Gasteiger partial charge >= 0.3 is 0 Å². The fourth-order valence-electron chi connectivity index (χ4n) is 2.10. The van der Waals surface area contributed by atoms with Crippen LogP contribution in [-0.4, -0.2) is 29.2 Å². The summed E-state index contributed by atoms with van der Waals surface area (Å²) in [5.41, 5.74) is 1.88. The molecule has 0 aliphatic rings. The van der Waals surface area contributed by atoms with Crippen molar-refractivity contribution in [1.82, 2.24) is 15.0 Å². The number of benzene rings is 1. The van der Waals surface area contributed by atoms with E-state index < -0.39 is 0 Å². The van der Waals surface area contributed by atoms with Gasteiger partial charge in [-0.25, -0.2) is 9.97 Å². The van der Waals surface area contributed by atoms with Crippen molar-refractivity contribution in [1.29, 1.82) is 0 Å². The molecule has 2 heterocycles. The van der Waals surface area contributed by atoms with Crippen molar-refractivity contribution in [3.63, 3.8) is 0 Å². The van der Waals surface area contributed by atoms with Crippen LogP contribution in [0.2, 0.25) is 10.2 Å². The first kappa shape index (κ1) is 14.0. The standard InChI is InChI=1S/C14H11Cl2N3O2/c1-20-9-4-3-5-10(21-2)11(9)14-17-8-6-7(15)12(16)18-13(8)19-14/h3-6H,1-2H3,(H,17,18,19). The summed E-state index contributed by atoms with van der Waals surface area (Å²) in [6.07, 6.45) is 0. The lowest BCUT2D eigenvalue weighted by Crippen LogP contribution is -1.94. The van der Waals surface area contributed by atoms with Gasteiger partial charge in [-0.2, -0.15) is 0 Å². The zero-order valence-electron chi connectivity index (χ0n) is 11.3. The van der Waals surface area contributed by atoms with Crippen LogP contribution in [0, 0.1) is 0 Å². The third-order valence-corrected chi connectivity index (χ3v) is 3.72. The van der Waals surface area contributed by atoms with Gasteiger partial charge in [0.2, 0.25) is 0 Å². The molecule has 0 amide bonds. The van der Waals surface area contributed by atoms with E-state index in [4.69, 9.17) is 32.7 Å². The van der Waals surface area contributed by atoms with Gasteiger partial charge in [0.15, 0.2) is 5.65 Å². The van der Waals surface area contributed by atoms with Crippen LogP contribution in [0.1, 0.15) is 0 Å². The van der Waals surface area contributed by atoms with Gasteiger partial charge in [0.25, 0.3) is 0 Å². The maximum Gasteiger partial charge on any atom is 0.179 e. The maximum atomic E-state index is 5.97. The number of nitrogens with zero attached hydrogens (tertiary/aromatic N) is 2. The van der Waals surface area contributed by atoms with Crippen LogP contribution in [-0.2, 0) is 0 Å². The normalized spacial score (nSPS) is 10.9. The Morgan fingerprint density at radius 1 is 1.05 bits per heavy atom. The van der Waals surface area contributed by atoms with Crippen LogP contribution in [0.4, 0.5) is 0 Å². The van der Waals surface area contributed by atoms with E-state index in [0.717, 1.165) is 0 Å². The second kappa shape index (κ2) is 5.42. The van der Waals surface area contributed by atoms with Crippen molar-refractivity contribution in [2.45, 2.75) is 0 Å². The molecule has 0 bridgehead atoms. The highest BCUT2D eigenvalue weighted by Crippen LogP contribution is 2.37. The Morgan fingerprint density at radius 3 is 2.33 bits per heavy atom. The molecule has 21 heavy (non-hydrogen) atoms. The maximum absolute atomic E-state index is 5.97. The fraction of sp³-hybridized carbons (Fsp3) is 0.143. The van der Waals surface area contributed by atoms with E-state index in [9.17, 15) is 0 Å². The molecule has 0 atom stereocenters. The molecule has 0 unspecified atom stereocenters. The van der Waals surface area contributed by atoms with Crippen LogP contribution in [0.5, 0.6) is 11.5 Å². The summed E-state index contributed by atoms with van der Waals surface area (Å²) in [6.45, 7) is 0. The Balaban J connectivity index is 2.25. The largest absolute Gasteiger partial charge is 0.496 e. The SMILES string of the molecule is COc1cccc(OC)c1-c1nc2nc(Cl)c(Cl)cc2[nH]1. The van der Waals surface area contributed by atoms with Crippen molar-refractivity contribution in [2.24, 2.45) is 0 Å². The molecule has 7 heteroatoms. The molecule has 0 saturated carbocycles. The van der Waals surface area contributed by atoms with Crippen LogP contribution in [0.25, 0.3) is 22.6 Å². The molecule has 0 aliphatic heterocycles. The van der Waals surface area contributed by atoms with Crippen LogP contribution in [0.15, 0.2) is 24.3 Å². The van der Waals surface area contributed by atoms with Crippen LogP contribution in [0.3, 0.4) is 0 Å². The number of hydrogen-bond acceptors (Lipinski definition) is 4. The Hall–Kier alpha value is -1.98. The van der Waals surface area contributed by atoms with Crippen molar-refractivity contribution in [2.75, 3.05) is 14.2 Å². The molecule has 0 aliphatic carbocycles. The van der Waals surface area contributed by atoms with Gasteiger partial charge < -0.3 is 14.5 Å². The average Bonchev–Trinajstić information content (AvgIpc) is 2.89. The molecule has 108 valence electrons. The fourth-order valence-corrected chi connectivity index (χ4v) is 2.39. The summed E-state index contributed by atoms with van der Waals surface area (Å²) >= 11 is 11.9. The molecule has 1 N–H and O–H groups in total. The Labute approximate surface area is 130 Å². The monoisotopic (exact) mass is 323 g/mol. The molecule has 5 nitrogen and oxygen atoms in total. The molecule has 0 saturated heterocycles. The highest BCUT2D eigenvalue weighted by molar-refractivity contribution is 6.41. The van der Waals surface area contributed by atoms with Crippen LogP contribution < -0.4 is 9.47 Å². The van der Waals surface area contributed by atoms with E-state index in [1.807, 2.05) is 18.2 Å². The number of pyridine rings is 1. The zero-order valence-corrected chi connectivity index (χ0v) is 12.8. The number of hydrogen-bond donors (Lipinski definition) is 1. The minimum Gasteiger partial charge on any atom is -0.496 e. The van der Waals surface area contributed by atoms with E-state index in [2.05, 4.69) is 15.0 Å². The van der Waals surface area contributed by atoms with E-state index in [-0.39, 0.29) is 5.15 Å². The lowest BCUT2D eigenvalue weighted by atomic mass is 10.1. The number of methoxy groups -OCH3 is 2. The van der Waals surface area contributed by atoms with E-state index in [0.29, 0.717) is 39.1 Å². The van der Waals surface area contributed by atoms with Gasteiger partial charge in [-0.1, -0.05) is 29.3 Å². The van der Waals surface area contributed by atoms with Crippen LogP contribution >= 0.6 is 23.2 Å². The van der Waals surface area contributed by atoms with Crippen molar-refractivity contribution in [3.05, 3.63) is 34.4 Å². The third kappa shape index (κ3) is 2.39. The molecule has 0 spiro atoms. The predicted molar refractivity (Wildman–Crippen MR) is 82.4 cm³/mol. The minimum atomic E-state index is 0.217. The quantitative estimate of drug-likeness (QED) is 0.741. The summed E-state index contributed by atoms with van der Waals surface area (Å²) < 4.78 is 10.7. The lowest BCUT2D eigenvalue weighted by molar-refractivity contribution is 0.397. The zero-order chi connectivity index (χ0) is 15.0. The molecular weight excluding hydrogens is 313 g/mol. The average molecular weight is 324 g/mol. The highest BCUT2D eigenvalue weighted by Gasteiger charge is 2.17. The van der Waals surface area contributed by atoms with E-state index >= 15 is 0 Å². The summed E-state index contributed by atoms with van der Waals surface area (Å²) in [7, 11) is 3.18. The van der Waals surface area contributed by atoms with Gasteiger partial charge in [-0.3, -0.25) is 0 Å². The van der Waals surface area contributed by atoms with Gasteiger partial charge in [0.1, 0.15) is 28.0 Å². The van der Waals surface area contributed by atoms with Crippen molar-refractivity contribution in [3.8, 4) is 22.9 Å². The van der Waals surface area contributed by atoms with Crippen molar-refractivity contribution < 1.29 is 9.47 Å². The lowest BCUT2D eigenvalue weighted by Gasteiger charge is -2.10. The van der Waals surface area contributed by atoms with E-state index in [1.165, 1.54) is 0 Å². The summed E-state index contributed by atoms with van der Waals surface area (Å²) in [5.74, 6) is 1.86. The second-order valence-electron chi connectivity index (χ2n) is 4.26. The number of aromatic amines is 1. The molecule has 3 aromatic rings. The number of nitrogens with one attached hydrogen (secondary N) is 1. The molecule has 3 rings (SSSR count). The molecule has 2 aromatic heterocycles. The Bertz CT molecular complexity index is 756. The number of halogens is 2. The Morgan fingerprint density at radius 2 is 1.71 bits per heavy atom. The second-order valence-corrected chi connectivity index (χ2v) is 5.02. The number of H-pyrrole nitrogens is 1. The summed E-state index contributed by atoms with van der Waals surface area (Å²) in [5, 5.41) is 0.584. The predicted octanol–water partition coefficient (Wildman–Crippen LogP) is 3.95. The number of ether oxygens (including phenoxy) is 2. The van der Waals surface area contributed by atoms with Crippen molar-refractivity contribution >= 4 is 34.4 Å². The molecular formula is C14H11Cl2N3O2. The smallest absolute Gasteiger partial charge is 0.179 e. The first-order chi connectivity index (χ1) is 10.1. The third-order valence-electron chi connectivity index (χ3n) is 3.05. The number of aromatic nitrogens is 3. The summed E-state index contributed by atoms with van der Waals surface area (Å²) in [4.78, 5) is 11.7. The number of imidazole rings is 1. The number of rotatable bonds is 3. The summed E-state index contributed by atoms with van der Waals surface area (Å²) in [6, 6.07) is 7.19. The topological polar surface area (TPSA) is 60.0 Å². The van der Waals surface area contributed by atoms with Gasteiger partial charge in [0, 0.05) is 0 Å². The number of fused-ring (bicyclic) bond motifs is 1. The van der Waals surface area contributed by atoms with E-state index in [1.54, 1.807) is 20.3 Å². The molecule has 0 radical (unpaired) electrons. The highest BCUT2D eigenvalue weighted by atomic mass is 35.5. The first-order valence-electron chi connectivity index (χ1n) is 6.07. The molecule has 0 fully saturated rings. The molecule has 1 aromatic carbocycles. The van der Waals surface area contributed by atoms with Gasteiger partial charge in [-0.15, -0.1) is 0 Å². The van der Waals surface area contributed by atoms with Gasteiger partial charge in [0.05, 0.1) is 24.8 Å².